The van der Waals surface area contributed by atoms with Gasteiger partial charge >= 0.3 is 0 Å². The lowest BCUT2D eigenvalue weighted by Gasteiger charge is -2.13. The van der Waals surface area contributed by atoms with Crippen LogP contribution in [0.1, 0.15) is 22.3 Å². The fraction of sp³-hybridized carbons (Fsp3) is 0.0200. The first-order chi connectivity index (χ1) is 27.2. The molecule has 0 radical (unpaired) electrons. The minimum Gasteiger partial charge on any atom is -0.381 e. The van der Waals surface area contributed by atoms with Gasteiger partial charge in [0, 0.05) is 60.9 Å². The third kappa shape index (κ3) is 6.97. The van der Waals surface area contributed by atoms with E-state index in [9.17, 15) is 0 Å². The number of hydrogen-bond donors (Lipinski definition) is 2. The quantitative estimate of drug-likeness (QED) is 0.125. The van der Waals surface area contributed by atoms with Gasteiger partial charge in [0.2, 0.25) is 0 Å². The van der Waals surface area contributed by atoms with Crippen molar-refractivity contribution in [1.29, 1.82) is 5.41 Å². The fourth-order valence-electron chi connectivity index (χ4n) is 7.11. The van der Waals surface area contributed by atoms with Gasteiger partial charge in [0.25, 0.3) is 0 Å². The maximum Gasteiger partial charge on any atom is 0.161 e. The summed E-state index contributed by atoms with van der Waals surface area (Å²) < 4.78 is 2.42. The molecule has 7 aromatic carbocycles. The summed E-state index contributed by atoms with van der Waals surface area (Å²) in [7, 11) is 0. The number of hydrogen-bond acceptors (Lipinski definition) is 3. The minimum atomic E-state index is 0.164. The molecule has 0 atom stereocenters. The molecule has 0 unspecified atom stereocenters. The zero-order valence-corrected chi connectivity index (χ0v) is 30.8. The van der Waals surface area contributed by atoms with Crippen molar-refractivity contribution < 1.29 is 0 Å². The zero-order chi connectivity index (χ0) is 37.0. The van der Waals surface area contributed by atoms with Crippen molar-refractivity contribution in [2.75, 3.05) is 6.54 Å². The van der Waals surface area contributed by atoms with E-state index in [1.165, 1.54) is 37.0 Å². The second-order valence-corrected chi connectivity index (χ2v) is 14.4. The van der Waals surface area contributed by atoms with Gasteiger partial charge in [-0.1, -0.05) is 170 Å². The average Bonchev–Trinajstić information content (AvgIpc) is 3.66. The molecule has 0 saturated heterocycles. The smallest absolute Gasteiger partial charge is 0.161 e. The molecule has 55 heavy (non-hydrogen) atoms. The highest BCUT2D eigenvalue weighted by Crippen LogP contribution is 2.47. The number of rotatable bonds is 7. The Morgan fingerprint density at radius 1 is 0.582 bits per heavy atom. The van der Waals surface area contributed by atoms with E-state index in [-0.39, 0.29) is 5.84 Å². The van der Waals surface area contributed by atoms with Crippen molar-refractivity contribution in [3.63, 3.8) is 0 Å². The van der Waals surface area contributed by atoms with Crippen LogP contribution in [-0.2, 0) is 0 Å². The molecule has 2 heterocycles. The maximum absolute atomic E-state index is 8.85. The van der Waals surface area contributed by atoms with E-state index >= 15 is 0 Å². The Morgan fingerprint density at radius 3 is 1.87 bits per heavy atom. The number of benzene rings is 7. The molecule has 0 saturated carbocycles. The van der Waals surface area contributed by atoms with Crippen LogP contribution in [0, 0.1) is 5.41 Å². The number of dihydropyridines is 1. The lowest BCUT2D eigenvalue weighted by Crippen LogP contribution is -2.14. The van der Waals surface area contributed by atoms with Crippen LogP contribution in [0.3, 0.4) is 0 Å². The normalized spacial score (nSPS) is 12.9. The van der Waals surface area contributed by atoms with Gasteiger partial charge in [-0.3, -0.25) is 5.41 Å². The highest BCUT2D eigenvalue weighted by molar-refractivity contribution is 7.27. The summed E-state index contributed by atoms with van der Waals surface area (Å²) in [5, 5.41) is 14.7. The molecular weight excluding hydrogens is 689 g/mol. The number of fused-ring (bicyclic) bond motifs is 3. The molecular formula is C50H36N4S. The van der Waals surface area contributed by atoms with Gasteiger partial charge in [-0.25, -0.2) is 9.98 Å². The Morgan fingerprint density at radius 2 is 1.20 bits per heavy atom. The number of thiophene rings is 1. The van der Waals surface area contributed by atoms with Gasteiger partial charge < -0.3 is 5.32 Å². The first-order valence-corrected chi connectivity index (χ1v) is 19.2. The monoisotopic (exact) mass is 724 g/mol. The lowest BCUT2D eigenvalue weighted by atomic mass is 9.93. The lowest BCUT2D eigenvalue weighted by molar-refractivity contribution is 0.996. The standard InChI is InChI=1S/C50H36N4S/c51-49(38-19-9-3-10-20-38)54-50(39-21-11-4-12-22-39)53-33-40-28-29-42(36-24-26-37(27-25-36)45-23-13-14-30-52-45)48-46(40)44-32-41(34-15-5-1-6-16-34)31-43(47(44)55-48)35-17-7-2-8-18-35/h1-29,31-33,51-52H,30H2. The summed E-state index contributed by atoms with van der Waals surface area (Å²) in [5.41, 5.74) is 11.9. The van der Waals surface area contributed by atoms with Crippen LogP contribution in [-0.4, -0.2) is 24.4 Å². The van der Waals surface area contributed by atoms with E-state index in [1.807, 2.05) is 78.2 Å². The molecule has 0 fully saturated rings. The number of amidine groups is 2. The van der Waals surface area contributed by atoms with Crippen molar-refractivity contribution in [1.82, 2.24) is 5.32 Å². The Balaban J connectivity index is 1.27. The first-order valence-electron chi connectivity index (χ1n) is 18.4. The second kappa shape index (κ2) is 15.2. The minimum absolute atomic E-state index is 0.164. The van der Waals surface area contributed by atoms with Crippen LogP contribution >= 0.6 is 11.3 Å². The molecule has 262 valence electrons. The van der Waals surface area contributed by atoms with Crippen LogP contribution in [0.2, 0.25) is 0 Å². The predicted molar refractivity (Wildman–Crippen MR) is 235 cm³/mol. The van der Waals surface area contributed by atoms with Crippen molar-refractivity contribution in [3.8, 4) is 33.4 Å². The van der Waals surface area contributed by atoms with E-state index in [0.717, 1.165) is 51.0 Å². The molecule has 0 aliphatic carbocycles. The van der Waals surface area contributed by atoms with Gasteiger partial charge in [-0.05, 0) is 51.6 Å². The van der Waals surface area contributed by atoms with Crippen molar-refractivity contribution >= 4 is 55.1 Å². The highest BCUT2D eigenvalue weighted by Gasteiger charge is 2.19. The van der Waals surface area contributed by atoms with Gasteiger partial charge in [-0.15, -0.1) is 11.3 Å². The first kappa shape index (κ1) is 33.9. The molecule has 0 bridgehead atoms. The second-order valence-electron chi connectivity index (χ2n) is 13.4. The summed E-state index contributed by atoms with van der Waals surface area (Å²) in [6.45, 7) is 0.831. The predicted octanol–water partition coefficient (Wildman–Crippen LogP) is 12.4. The van der Waals surface area contributed by atoms with Gasteiger partial charge in [0.05, 0.1) is 0 Å². The van der Waals surface area contributed by atoms with E-state index in [0.29, 0.717) is 5.84 Å². The highest BCUT2D eigenvalue weighted by atomic mass is 32.1. The average molecular weight is 725 g/mol. The van der Waals surface area contributed by atoms with Crippen molar-refractivity contribution in [2.45, 2.75) is 0 Å². The van der Waals surface area contributed by atoms with E-state index in [4.69, 9.17) is 15.4 Å². The van der Waals surface area contributed by atoms with E-state index in [2.05, 4.69) is 133 Å². The Labute approximate surface area is 324 Å². The molecule has 2 N–H and O–H groups in total. The summed E-state index contributed by atoms with van der Waals surface area (Å²) in [5.74, 6) is 0.647. The van der Waals surface area contributed by atoms with Crippen molar-refractivity contribution in [3.05, 3.63) is 210 Å². The molecule has 9 rings (SSSR count). The van der Waals surface area contributed by atoms with Gasteiger partial charge in [-0.2, -0.15) is 0 Å². The fourth-order valence-corrected chi connectivity index (χ4v) is 8.50. The molecule has 0 spiro atoms. The van der Waals surface area contributed by atoms with Crippen LogP contribution < -0.4 is 5.32 Å². The van der Waals surface area contributed by atoms with Crippen LogP contribution in [0.5, 0.6) is 0 Å². The molecule has 8 aromatic rings. The van der Waals surface area contributed by atoms with E-state index < -0.39 is 0 Å². The number of nitrogens with zero attached hydrogens (tertiary/aromatic N) is 2. The summed E-state index contributed by atoms with van der Waals surface area (Å²) in [6, 6.07) is 58.7. The molecule has 0 amide bonds. The molecule has 1 aliphatic heterocycles. The summed E-state index contributed by atoms with van der Waals surface area (Å²) in [4.78, 5) is 9.84. The zero-order valence-electron chi connectivity index (χ0n) is 30.0. The van der Waals surface area contributed by atoms with Crippen LogP contribution in [0.25, 0.3) is 59.3 Å². The number of nitrogens with one attached hydrogen (secondary N) is 2. The number of allylic oxidation sites excluding steroid dienone is 2. The molecule has 1 aliphatic rings. The van der Waals surface area contributed by atoms with Crippen molar-refractivity contribution in [2.24, 2.45) is 9.98 Å². The summed E-state index contributed by atoms with van der Waals surface area (Å²) >= 11 is 1.83. The molecule has 1 aromatic heterocycles. The SMILES string of the molecule is N=C(N=C(N=Cc1ccc(-c2ccc(C3=CC=CCN3)cc2)c2sc3c(-c4ccccc4)cc(-c4ccccc4)cc3c12)c1ccccc1)c1ccccc1. The Bertz CT molecular complexity index is 2780. The van der Waals surface area contributed by atoms with Gasteiger partial charge in [0.15, 0.2) is 11.7 Å². The largest absolute Gasteiger partial charge is 0.381 e. The topological polar surface area (TPSA) is 60.6 Å². The number of aliphatic imine (C=N–C) groups is 2. The molecule has 4 nitrogen and oxygen atoms in total. The third-order valence-electron chi connectivity index (χ3n) is 9.88. The molecule has 5 heteroatoms. The van der Waals surface area contributed by atoms with E-state index in [1.54, 1.807) is 0 Å². The third-order valence-corrected chi connectivity index (χ3v) is 11.2. The van der Waals surface area contributed by atoms with Crippen LogP contribution in [0.15, 0.2) is 198 Å². The summed E-state index contributed by atoms with van der Waals surface area (Å²) in [6.07, 6.45) is 8.28. The Kier molecular flexibility index (Phi) is 9.35. The van der Waals surface area contributed by atoms with Gasteiger partial charge in [0.1, 0.15) is 0 Å². The maximum atomic E-state index is 8.85. The Hall–Kier alpha value is -6.95. The van der Waals surface area contributed by atoms with Crippen LogP contribution in [0.4, 0.5) is 0 Å².